The van der Waals surface area contributed by atoms with Crippen LogP contribution in [0.4, 0.5) is 0 Å². The topological polar surface area (TPSA) is 34.1 Å². The summed E-state index contributed by atoms with van der Waals surface area (Å²) in [4.78, 5) is 4.38. The van der Waals surface area contributed by atoms with Crippen LogP contribution in [0.25, 0.3) is 0 Å². The number of rotatable bonds is 12. The van der Waals surface area contributed by atoms with Gasteiger partial charge in [-0.05, 0) is 25.1 Å². The maximum absolute atomic E-state index is 5.71. The van der Waals surface area contributed by atoms with Crippen LogP contribution in [-0.4, -0.2) is 18.1 Å². The summed E-state index contributed by atoms with van der Waals surface area (Å²) in [5, 5.41) is 3.26. The van der Waals surface area contributed by atoms with Crippen LogP contribution in [0.3, 0.4) is 0 Å². The Hall–Kier alpha value is -1.09. The van der Waals surface area contributed by atoms with E-state index >= 15 is 0 Å². The molecule has 0 aliphatic heterocycles. The van der Waals surface area contributed by atoms with E-state index in [1.165, 1.54) is 38.5 Å². The Bertz CT molecular complexity index is 324. The molecule has 3 heteroatoms. The molecule has 0 saturated carbocycles. The molecule has 0 bridgehead atoms. The molecule has 0 atom stereocenters. The lowest BCUT2D eigenvalue weighted by Crippen LogP contribution is -2.12. The Morgan fingerprint density at radius 1 is 1.00 bits per heavy atom. The number of aromatic nitrogens is 1. The van der Waals surface area contributed by atoms with Gasteiger partial charge in [-0.25, -0.2) is 0 Å². The first-order valence-electron chi connectivity index (χ1n) is 8.15. The van der Waals surface area contributed by atoms with Gasteiger partial charge in [0.15, 0.2) is 0 Å². The third kappa shape index (κ3) is 8.16. The van der Waals surface area contributed by atoms with Gasteiger partial charge in [0.1, 0.15) is 5.75 Å². The quantitative estimate of drug-likeness (QED) is 0.578. The fourth-order valence-electron chi connectivity index (χ4n) is 2.10. The summed E-state index contributed by atoms with van der Waals surface area (Å²) in [5.74, 6) is 0.885. The predicted molar refractivity (Wildman–Crippen MR) is 85.1 cm³/mol. The second kappa shape index (κ2) is 11.7. The van der Waals surface area contributed by atoms with Crippen molar-refractivity contribution >= 4 is 0 Å². The minimum atomic E-state index is 0.808. The zero-order valence-electron chi connectivity index (χ0n) is 13.2. The third-order valence-corrected chi connectivity index (χ3v) is 3.37. The average Bonchev–Trinajstić information content (AvgIpc) is 2.49. The Labute approximate surface area is 124 Å². The van der Waals surface area contributed by atoms with Crippen molar-refractivity contribution in [3.8, 4) is 5.75 Å². The zero-order chi connectivity index (χ0) is 14.5. The highest BCUT2D eigenvalue weighted by atomic mass is 16.5. The maximum Gasteiger partial charge on any atom is 0.137 e. The van der Waals surface area contributed by atoms with Gasteiger partial charge in [-0.15, -0.1) is 0 Å². The first-order valence-corrected chi connectivity index (χ1v) is 8.15. The van der Waals surface area contributed by atoms with E-state index in [1.54, 1.807) is 0 Å². The molecule has 0 aromatic carbocycles. The minimum Gasteiger partial charge on any atom is -0.492 e. The molecule has 1 heterocycles. The van der Waals surface area contributed by atoms with Crippen molar-refractivity contribution in [1.82, 2.24) is 10.3 Å². The largest absolute Gasteiger partial charge is 0.492 e. The molecule has 0 spiro atoms. The number of ether oxygens (including phenoxy) is 1. The lowest BCUT2D eigenvalue weighted by molar-refractivity contribution is 0.303. The Morgan fingerprint density at radius 2 is 1.75 bits per heavy atom. The Morgan fingerprint density at radius 3 is 2.40 bits per heavy atom. The van der Waals surface area contributed by atoms with Crippen molar-refractivity contribution in [3.05, 3.63) is 24.0 Å². The van der Waals surface area contributed by atoms with E-state index in [1.807, 2.05) is 18.3 Å². The van der Waals surface area contributed by atoms with Crippen LogP contribution in [0.15, 0.2) is 18.3 Å². The van der Waals surface area contributed by atoms with Crippen LogP contribution in [-0.2, 0) is 6.54 Å². The zero-order valence-corrected chi connectivity index (χ0v) is 13.2. The molecule has 1 rings (SSSR count). The van der Waals surface area contributed by atoms with Gasteiger partial charge in [-0.1, -0.05) is 52.4 Å². The molecule has 0 unspecified atom stereocenters. The second-order valence-electron chi connectivity index (χ2n) is 5.24. The summed E-state index contributed by atoms with van der Waals surface area (Å²) < 4.78 is 5.71. The van der Waals surface area contributed by atoms with Crippen LogP contribution < -0.4 is 10.1 Å². The fraction of sp³-hybridized carbons (Fsp3) is 0.706. The van der Waals surface area contributed by atoms with Crippen LogP contribution >= 0.6 is 0 Å². The maximum atomic E-state index is 5.71. The standard InChI is InChI=1S/C17H30N2O/c1-3-5-6-7-8-9-10-13-20-17-12-11-16(19-15-17)14-18-4-2/h11-12,15,18H,3-10,13-14H2,1-2H3. The second-order valence-corrected chi connectivity index (χ2v) is 5.24. The van der Waals surface area contributed by atoms with E-state index in [4.69, 9.17) is 4.74 Å². The normalized spacial score (nSPS) is 10.7. The highest BCUT2D eigenvalue weighted by molar-refractivity contribution is 5.19. The first kappa shape index (κ1) is 17.0. The van der Waals surface area contributed by atoms with E-state index < -0.39 is 0 Å². The molecular formula is C17H30N2O. The summed E-state index contributed by atoms with van der Waals surface area (Å²) in [6.45, 7) is 6.96. The summed E-state index contributed by atoms with van der Waals surface area (Å²) in [7, 11) is 0. The number of pyridine rings is 1. The molecule has 1 aromatic heterocycles. The molecule has 0 amide bonds. The number of nitrogens with one attached hydrogen (secondary N) is 1. The van der Waals surface area contributed by atoms with Crippen molar-refractivity contribution in [2.45, 2.75) is 65.3 Å². The van der Waals surface area contributed by atoms with Crippen molar-refractivity contribution in [2.75, 3.05) is 13.2 Å². The van der Waals surface area contributed by atoms with Gasteiger partial charge < -0.3 is 10.1 Å². The number of hydrogen-bond acceptors (Lipinski definition) is 3. The van der Waals surface area contributed by atoms with E-state index in [-0.39, 0.29) is 0 Å². The van der Waals surface area contributed by atoms with Crippen LogP contribution in [0.1, 0.15) is 64.5 Å². The predicted octanol–water partition coefficient (Wildman–Crippen LogP) is 4.32. The van der Waals surface area contributed by atoms with E-state index in [0.717, 1.165) is 37.6 Å². The average molecular weight is 278 g/mol. The molecule has 0 fully saturated rings. The van der Waals surface area contributed by atoms with Gasteiger partial charge in [0.05, 0.1) is 18.5 Å². The molecule has 0 saturated heterocycles. The fourth-order valence-corrected chi connectivity index (χ4v) is 2.10. The summed E-state index contributed by atoms with van der Waals surface area (Å²) in [6.07, 6.45) is 11.0. The highest BCUT2D eigenvalue weighted by Gasteiger charge is 1.97. The van der Waals surface area contributed by atoms with E-state index in [0.29, 0.717) is 0 Å². The van der Waals surface area contributed by atoms with Gasteiger partial charge in [-0.3, -0.25) is 4.98 Å². The summed E-state index contributed by atoms with van der Waals surface area (Å²) in [5.41, 5.74) is 1.06. The van der Waals surface area contributed by atoms with E-state index in [2.05, 4.69) is 24.1 Å². The SMILES string of the molecule is CCCCCCCCCOc1ccc(CNCC)nc1. The lowest BCUT2D eigenvalue weighted by Gasteiger charge is -2.07. The molecule has 0 radical (unpaired) electrons. The van der Waals surface area contributed by atoms with Gasteiger partial charge in [0, 0.05) is 6.54 Å². The number of hydrogen-bond donors (Lipinski definition) is 1. The molecular weight excluding hydrogens is 248 g/mol. The third-order valence-electron chi connectivity index (χ3n) is 3.37. The van der Waals surface area contributed by atoms with Crippen LogP contribution in [0.2, 0.25) is 0 Å². The number of unbranched alkanes of at least 4 members (excludes halogenated alkanes) is 6. The van der Waals surface area contributed by atoms with Crippen LogP contribution in [0.5, 0.6) is 5.75 Å². The van der Waals surface area contributed by atoms with Gasteiger partial charge in [-0.2, -0.15) is 0 Å². The number of nitrogens with zero attached hydrogens (tertiary/aromatic N) is 1. The van der Waals surface area contributed by atoms with Crippen molar-refractivity contribution in [2.24, 2.45) is 0 Å². The van der Waals surface area contributed by atoms with Crippen LogP contribution in [0, 0.1) is 0 Å². The monoisotopic (exact) mass is 278 g/mol. The first-order chi connectivity index (χ1) is 9.86. The molecule has 114 valence electrons. The van der Waals surface area contributed by atoms with Gasteiger partial charge >= 0.3 is 0 Å². The summed E-state index contributed by atoms with van der Waals surface area (Å²) >= 11 is 0. The lowest BCUT2D eigenvalue weighted by atomic mass is 10.1. The Kier molecular flexibility index (Phi) is 9.93. The molecule has 1 N–H and O–H groups in total. The minimum absolute atomic E-state index is 0.808. The molecule has 20 heavy (non-hydrogen) atoms. The van der Waals surface area contributed by atoms with Crippen molar-refractivity contribution in [1.29, 1.82) is 0 Å². The van der Waals surface area contributed by atoms with Crippen molar-refractivity contribution in [3.63, 3.8) is 0 Å². The highest BCUT2D eigenvalue weighted by Crippen LogP contribution is 2.11. The van der Waals surface area contributed by atoms with E-state index in [9.17, 15) is 0 Å². The van der Waals surface area contributed by atoms with Gasteiger partial charge in [0.2, 0.25) is 0 Å². The smallest absolute Gasteiger partial charge is 0.137 e. The summed E-state index contributed by atoms with van der Waals surface area (Å²) in [6, 6.07) is 4.05. The molecule has 1 aromatic rings. The molecule has 0 aliphatic rings. The van der Waals surface area contributed by atoms with Crippen molar-refractivity contribution < 1.29 is 4.74 Å². The van der Waals surface area contributed by atoms with Gasteiger partial charge in [0.25, 0.3) is 0 Å². The molecule has 3 nitrogen and oxygen atoms in total. The molecule has 0 aliphatic carbocycles. The Balaban J connectivity index is 2.04.